The van der Waals surface area contributed by atoms with E-state index in [4.69, 9.17) is 27.9 Å². The molecule has 0 radical (unpaired) electrons. The zero-order valence-corrected chi connectivity index (χ0v) is 25.1. The fourth-order valence-electron chi connectivity index (χ4n) is 3.69. The SMILES string of the molecule is Cc1ccc(NC(=O)COc2c(Br)cc(/C=C3/C(=O)NC(=O)N(c4cccc(Cl)c4C)C3=O)cc2Br)cc1Cl. The highest BCUT2D eigenvalue weighted by molar-refractivity contribution is 9.11. The molecule has 5 amide bonds. The Labute approximate surface area is 250 Å². The molecule has 0 aromatic heterocycles. The largest absolute Gasteiger partial charge is 0.481 e. The fourth-order valence-corrected chi connectivity index (χ4v) is 5.49. The molecule has 0 saturated carbocycles. The maximum absolute atomic E-state index is 13.3. The number of benzene rings is 3. The Hall–Kier alpha value is -3.18. The Kier molecular flexibility index (Phi) is 8.80. The third-order valence-corrected chi connectivity index (χ3v) is 7.71. The van der Waals surface area contributed by atoms with E-state index in [0.717, 1.165) is 10.5 Å². The van der Waals surface area contributed by atoms with Gasteiger partial charge in [0.1, 0.15) is 11.3 Å². The second-order valence-electron chi connectivity index (χ2n) is 8.46. The number of urea groups is 1. The summed E-state index contributed by atoms with van der Waals surface area (Å²) in [5.41, 5.74) is 2.40. The Morgan fingerprint density at radius 3 is 2.38 bits per heavy atom. The van der Waals surface area contributed by atoms with Crippen LogP contribution in [0, 0.1) is 13.8 Å². The second kappa shape index (κ2) is 11.9. The summed E-state index contributed by atoms with van der Waals surface area (Å²) in [6, 6.07) is 12.3. The van der Waals surface area contributed by atoms with Gasteiger partial charge in [-0.15, -0.1) is 0 Å². The third-order valence-electron chi connectivity index (χ3n) is 5.72. The van der Waals surface area contributed by atoms with E-state index in [9.17, 15) is 19.2 Å². The lowest BCUT2D eigenvalue weighted by Crippen LogP contribution is -2.54. The van der Waals surface area contributed by atoms with Crippen molar-refractivity contribution in [3.8, 4) is 5.75 Å². The predicted molar refractivity (Wildman–Crippen MR) is 157 cm³/mol. The van der Waals surface area contributed by atoms with Crippen LogP contribution in [0.5, 0.6) is 5.75 Å². The summed E-state index contributed by atoms with van der Waals surface area (Å²) in [5, 5.41) is 5.80. The van der Waals surface area contributed by atoms with Gasteiger partial charge in [0.05, 0.1) is 14.6 Å². The van der Waals surface area contributed by atoms with Crippen molar-refractivity contribution < 1.29 is 23.9 Å². The number of barbiturate groups is 1. The first-order chi connectivity index (χ1) is 18.5. The van der Waals surface area contributed by atoms with E-state index in [2.05, 4.69) is 42.5 Å². The van der Waals surface area contributed by atoms with E-state index < -0.39 is 23.8 Å². The summed E-state index contributed by atoms with van der Waals surface area (Å²) in [6.45, 7) is 3.24. The molecule has 3 aromatic rings. The molecule has 0 atom stereocenters. The van der Waals surface area contributed by atoms with Crippen LogP contribution in [-0.2, 0) is 14.4 Å². The smallest absolute Gasteiger partial charge is 0.335 e. The molecule has 200 valence electrons. The lowest BCUT2D eigenvalue weighted by atomic mass is 10.1. The van der Waals surface area contributed by atoms with Gasteiger partial charge < -0.3 is 10.1 Å². The summed E-state index contributed by atoms with van der Waals surface area (Å²) in [7, 11) is 0. The number of rotatable bonds is 6. The zero-order valence-electron chi connectivity index (χ0n) is 20.4. The first-order valence-electron chi connectivity index (χ1n) is 11.3. The number of nitrogens with zero attached hydrogens (tertiary/aromatic N) is 1. The van der Waals surface area contributed by atoms with E-state index in [-0.39, 0.29) is 17.9 Å². The molecular weight excluding hydrogens is 677 g/mol. The molecule has 4 rings (SSSR count). The maximum Gasteiger partial charge on any atom is 0.335 e. The minimum absolute atomic E-state index is 0.252. The first-order valence-corrected chi connectivity index (χ1v) is 13.6. The van der Waals surface area contributed by atoms with E-state index in [1.165, 1.54) is 6.08 Å². The number of hydrogen-bond acceptors (Lipinski definition) is 5. The Bertz CT molecular complexity index is 1550. The number of ether oxygens (including phenoxy) is 1. The van der Waals surface area contributed by atoms with Gasteiger partial charge in [0.15, 0.2) is 6.61 Å². The van der Waals surface area contributed by atoms with Crippen molar-refractivity contribution in [1.82, 2.24) is 5.32 Å². The number of hydrogen-bond donors (Lipinski definition) is 2. The number of halogens is 4. The average Bonchev–Trinajstić information content (AvgIpc) is 2.86. The van der Waals surface area contributed by atoms with E-state index in [0.29, 0.717) is 41.6 Å². The van der Waals surface area contributed by atoms with E-state index in [1.807, 2.05) is 6.92 Å². The van der Waals surface area contributed by atoms with Gasteiger partial charge in [-0.2, -0.15) is 0 Å². The van der Waals surface area contributed by atoms with Gasteiger partial charge in [-0.25, -0.2) is 9.69 Å². The van der Waals surface area contributed by atoms with Crippen molar-refractivity contribution in [2.24, 2.45) is 0 Å². The molecule has 1 fully saturated rings. The number of carbonyl (C=O) groups is 4. The van der Waals surface area contributed by atoms with Crippen molar-refractivity contribution in [2.45, 2.75) is 13.8 Å². The molecule has 12 heteroatoms. The number of nitrogens with one attached hydrogen (secondary N) is 2. The van der Waals surface area contributed by atoms with Crippen LogP contribution in [-0.4, -0.2) is 30.4 Å². The van der Waals surface area contributed by atoms with Gasteiger partial charge in [-0.1, -0.05) is 35.3 Å². The number of aryl methyl sites for hydroxylation is 1. The van der Waals surface area contributed by atoms with Gasteiger partial charge in [0, 0.05) is 15.7 Å². The topological polar surface area (TPSA) is 105 Å². The summed E-state index contributed by atoms with van der Waals surface area (Å²) >= 11 is 19.1. The third kappa shape index (κ3) is 6.36. The van der Waals surface area contributed by atoms with Crippen LogP contribution in [0.15, 0.2) is 63.0 Å². The molecule has 1 heterocycles. The molecule has 1 saturated heterocycles. The molecule has 1 aliphatic heterocycles. The number of carbonyl (C=O) groups excluding carboxylic acids is 4. The van der Waals surface area contributed by atoms with Gasteiger partial charge in [0.25, 0.3) is 17.7 Å². The van der Waals surface area contributed by atoms with Crippen molar-refractivity contribution in [3.05, 3.63) is 89.8 Å². The summed E-state index contributed by atoms with van der Waals surface area (Å²) in [6.07, 6.45) is 1.35. The quantitative estimate of drug-likeness (QED) is 0.218. The van der Waals surface area contributed by atoms with Gasteiger partial charge >= 0.3 is 6.03 Å². The van der Waals surface area contributed by atoms with Crippen LogP contribution in [0.3, 0.4) is 0 Å². The molecule has 8 nitrogen and oxygen atoms in total. The Balaban J connectivity index is 1.53. The molecule has 2 N–H and O–H groups in total. The number of imide groups is 2. The van der Waals surface area contributed by atoms with Gasteiger partial charge in [-0.05, 0) is 105 Å². The standard InChI is InChI=1S/C27H19Br2Cl2N3O5/c1-13-6-7-16(11-21(13)31)32-23(35)12-39-24-18(28)9-15(10-19(24)29)8-17-25(36)33-27(38)34(26(17)37)22-5-3-4-20(30)14(22)2/h3-11H,12H2,1-2H3,(H,32,35)(H,33,36,38)/b17-8-. The maximum atomic E-state index is 13.3. The summed E-state index contributed by atoms with van der Waals surface area (Å²) < 4.78 is 6.60. The molecule has 0 unspecified atom stereocenters. The first kappa shape index (κ1) is 28.8. The second-order valence-corrected chi connectivity index (χ2v) is 11.0. The lowest BCUT2D eigenvalue weighted by Gasteiger charge is -2.27. The normalized spacial score (nSPS) is 14.5. The summed E-state index contributed by atoms with van der Waals surface area (Å²) in [4.78, 5) is 51.6. The molecule has 3 aromatic carbocycles. The zero-order chi connectivity index (χ0) is 28.4. The molecule has 0 aliphatic carbocycles. The Morgan fingerprint density at radius 1 is 1.03 bits per heavy atom. The lowest BCUT2D eigenvalue weighted by molar-refractivity contribution is -0.122. The highest BCUT2D eigenvalue weighted by atomic mass is 79.9. The Morgan fingerprint density at radius 2 is 1.72 bits per heavy atom. The van der Waals surface area contributed by atoms with Crippen molar-refractivity contribution in [2.75, 3.05) is 16.8 Å². The minimum Gasteiger partial charge on any atom is -0.481 e. The highest BCUT2D eigenvalue weighted by Crippen LogP contribution is 2.36. The van der Waals surface area contributed by atoms with Gasteiger partial charge in [-0.3, -0.25) is 19.7 Å². The van der Waals surface area contributed by atoms with Crippen LogP contribution >= 0.6 is 55.1 Å². The van der Waals surface area contributed by atoms with E-state index in [1.54, 1.807) is 55.5 Å². The molecular formula is C27H19Br2Cl2N3O5. The molecule has 0 bridgehead atoms. The molecule has 0 spiro atoms. The van der Waals surface area contributed by atoms with Crippen molar-refractivity contribution >= 4 is 96.3 Å². The van der Waals surface area contributed by atoms with Crippen molar-refractivity contribution in [3.63, 3.8) is 0 Å². The van der Waals surface area contributed by atoms with Crippen LogP contribution < -0.4 is 20.3 Å². The van der Waals surface area contributed by atoms with Crippen LogP contribution in [0.1, 0.15) is 16.7 Å². The highest BCUT2D eigenvalue weighted by Gasteiger charge is 2.37. The number of amides is 5. The van der Waals surface area contributed by atoms with Gasteiger partial charge in [0.2, 0.25) is 0 Å². The van der Waals surface area contributed by atoms with Crippen LogP contribution in [0.25, 0.3) is 6.08 Å². The summed E-state index contributed by atoms with van der Waals surface area (Å²) in [5.74, 6) is -1.69. The van der Waals surface area contributed by atoms with E-state index >= 15 is 0 Å². The fraction of sp³-hybridized carbons (Fsp3) is 0.111. The monoisotopic (exact) mass is 693 g/mol. The van der Waals surface area contributed by atoms with Crippen LogP contribution in [0.2, 0.25) is 10.0 Å². The molecule has 39 heavy (non-hydrogen) atoms. The number of anilines is 2. The predicted octanol–water partition coefficient (Wildman–Crippen LogP) is 6.82. The van der Waals surface area contributed by atoms with Crippen LogP contribution in [0.4, 0.5) is 16.2 Å². The average molecular weight is 696 g/mol. The van der Waals surface area contributed by atoms with Crippen molar-refractivity contribution in [1.29, 1.82) is 0 Å². The molecule has 1 aliphatic rings. The minimum atomic E-state index is -0.871.